The smallest absolute Gasteiger partial charge is 0.331 e. The minimum Gasteiger partial charge on any atom is -0.478 e. The van der Waals surface area contributed by atoms with Crippen molar-refractivity contribution in [2.24, 2.45) is 11.3 Å². The van der Waals surface area contributed by atoms with E-state index in [0.717, 1.165) is 5.56 Å². The fourth-order valence-electron chi connectivity index (χ4n) is 4.78. The van der Waals surface area contributed by atoms with Crippen LogP contribution in [0.3, 0.4) is 0 Å². The number of carboxylic acids is 1. The number of hydrogen-bond acceptors (Lipinski definition) is 5. The molecule has 0 aromatic heterocycles. The minimum absolute atomic E-state index is 0.00695. The summed E-state index contributed by atoms with van der Waals surface area (Å²) in [6, 6.07) is 8.48. The van der Waals surface area contributed by atoms with Crippen molar-refractivity contribution in [3.63, 3.8) is 0 Å². The van der Waals surface area contributed by atoms with Gasteiger partial charge in [0.2, 0.25) is 11.8 Å². The topological polar surface area (TPSA) is 90.0 Å². The van der Waals surface area contributed by atoms with Gasteiger partial charge >= 0.3 is 5.97 Å². The van der Waals surface area contributed by atoms with Gasteiger partial charge in [0.15, 0.2) is 0 Å². The number of carbonyl (C=O) groups is 3. The first kappa shape index (κ1) is 29.9. The lowest BCUT2D eigenvalue weighted by Gasteiger charge is -2.39. The Kier molecular flexibility index (Phi) is 9.46. The lowest BCUT2D eigenvalue weighted by Crippen LogP contribution is -2.60. The molecule has 0 aliphatic carbocycles. The van der Waals surface area contributed by atoms with Gasteiger partial charge in [0, 0.05) is 17.4 Å². The van der Waals surface area contributed by atoms with Crippen molar-refractivity contribution in [2.75, 3.05) is 14.1 Å². The van der Waals surface area contributed by atoms with Crippen molar-refractivity contribution in [1.29, 1.82) is 0 Å². The zero-order valence-electron chi connectivity index (χ0n) is 23.3. The molecule has 2 N–H and O–H groups in total. The highest BCUT2D eigenvalue weighted by molar-refractivity contribution is 8.01. The van der Waals surface area contributed by atoms with Crippen molar-refractivity contribution in [3.05, 3.63) is 47.5 Å². The van der Waals surface area contributed by atoms with Crippen LogP contribution in [0, 0.1) is 11.3 Å². The van der Waals surface area contributed by atoms with Crippen LogP contribution < -0.4 is 5.32 Å². The molecule has 1 saturated heterocycles. The molecule has 1 heterocycles. The fourth-order valence-corrected chi connectivity index (χ4v) is 6.34. The summed E-state index contributed by atoms with van der Waals surface area (Å²) in [5.41, 5.74) is 0.765. The number of carbonyl (C=O) groups excluding carboxylic acids is 2. The van der Waals surface area contributed by atoms with E-state index in [1.54, 1.807) is 29.8 Å². The first-order valence-electron chi connectivity index (χ1n) is 12.4. The quantitative estimate of drug-likeness (QED) is 0.492. The molecule has 1 aliphatic heterocycles. The summed E-state index contributed by atoms with van der Waals surface area (Å²) in [6.07, 6.45) is 1.61. The number of hydrogen-bond donors (Lipinski definition) is 2. The molecule has 8 heteroatoms. The molecule has 1 aromatic carbocycles. The van der Waals surface area contributed by atoms with Crippen LogP contribution in [-0.4, -0.2) is 69.7 Å². The third-order valence-electron chi connectivity index (χ3n) is 6.82. The van der Waals surface area contributed by atoms with E-state index in [9.17, 15) is 19.5 Å². The number of nitrogens with zero attached hydrogens (tertiary/aromatic N) is 2. The molecule has 1 aliphatic rings. The lowest BCUT2D eigenvalue weighted by molar-refractivity contribution is -0.141. The third-order valence-corrected chi connectivity index (χ3v) is 8.48. The highest BCUT2D eigenvalue weighted by Gasteiger charge is 2.51. The van der Waals surface area contributed by atoms with E-state index in [4.69, 9.17) is 0 Å². The summed E-state index contributed by atoms with van der Waals surface area (Å²) >= 11 is 1.74. The predicted molar refractivity (Wildman–Crippen MR) is 147 cm³/mol. The van der Waals surface area contributed by atoms with E-state index in [1.807, 2.05) is 59.9 Å². The van der Waals surface area contributed by atoms with E-state index in [1.165, 1.54) is 6.92 Å². The van der Waals surface area contributed by atoms with Crippen LogP contribution in [0.15, 0.2) is 42.0 Å². The van der Waals surface area contributed by atoms with Crippen LogP contribution in [0.1, 0.15) is 66.3 Å². The molecule has 0 bridgehead atoms. The van der Waals surface area contributed by atoms with Gasteiger partial charge in [0.05, 0.1) is 11.4 Å². The first-order chi connectivity index (χ1) is 16.5. The van der Waals surface area contributed by atoms with E-state index in [2.05, 4.69) is 36.2 Å². The summed E-state index contributed by atoms with van der Waals surface area (Å²) in [6.45, 7) is 15.3. The van der Waals surface area contributed by atoms with Gasteiger partial charge in [-0.1, -0.05) is 71.0 Å². The number of nitrogens with one attached hydrogen (secondary N) is 1. The molecular formula is C28H43N3O4S. The highest BCUT2D eigenvalue weighted by atomic mass is 32.2. The number of benzene rings is 1. The maximum Gasteiger partial charge on any atom is 0.331 e. The van der Waals surface area contributed by atoms with Crippen LogP contribution in [0.2, 0.25) is 0 Å². The van der Waals surface area contributed by atoms with Gasteiger partial charge in [0.1, 0.15) is 12.1 Å². The second-order valence-corrected chi connectivity index (χ2v) is 13.4. The van der Waals surface area contributed by atoms with Gasteiger partial charge in [-0.25, -0.2) is 4.79 Å². The van der Waals surface area contributed by atoms with Crippen LogP contribution >= 0.6 is 11.8 Å². The Balaban J connectivity index is 2.34. The van der Waals surface area contributed by atoms with Gasteiger partial charge in [-0.3, -0.25) is 14.5 Å². The molecule has 200 valence electrons. The summed E-state index contributed by atoms with van der Waals surface area (Å²) in [7, 11) is 3.63. The molecule has 0 saturated carbocycles. The Labute approximate surface area is 220 Å². The molecule has 1 unspecified atom stereocenters. The second kappa shape index (κ2) is 11.4. The monoisotopic (exact) mass is 517 g/mol. The van der Waals surface area contributed by atoms with Gasteiger partial charge in [-0.05, 0) is 44.7 Å². The standard InChI is InChI=1S/C28H43N3O4S/c1-17(2)20(16-18(3)26(34)35)30(9)24(33)21(27(4,5)6)29-23(32)22-28(7,8)36-25(31(22)10)19-14-12-11-13-15-19/h11-17,20-22,25H,1-10H3,(H,29,32)(H,34,35)/t20-,21-,22?,25+/m1/s1. The Morgan fingerprint density at radius 1 is 1.17 bits per heavy atom. The molecule has 4 atom stereocenters. The predicted octanol–water partition coefficient (Wildman–Crippen LogP) is 4.56. The molecule has 2 amide bonds. The van der Waals surface area contributed by atoms with Crippen molar-refractivity contribution >= 4 is 29.5 Å². The van der Waals surface area contributed by atoms with E-state index < -0.39 is 29.5 Å². The molecule has 0 spiro atoms. The van der Waals surface area contributed by atoms with Crippen LogP contribution in [0.4, 0.5) is 0 Å². The Bertz CT molecular complexity index is 984. The van der Waals surface area contributed by atoms with Crippen LogP contribution in [-0.2, 0) is 14.4 Å². The number of thioether (sulfide) groups is 1. The minimum atomic E-state index is -1.01. The van der Waals surface area contributed by atoms with Gasteiger partial charge < -0.3 is 15.3 Å². The summed E-state index contributed by atoms with van der Waals surface area (Å²) in [5, 5.41) is 12.5. The van der Waals surface area contributed by atoms with E-state index in [-0.39, 0.29) is 33.4 Å². The number of amides is 2. The SMILES string of the molecule is CC(=C[C@H](C(C)C)N(C)C(=O)[C@@H](NC(=O)C1N(C)[C@H](c2ccccc2)SC1(C)C)C(C)(C)C)C(=O)O. The van der Waals surface area contributed by atoms with E-state index in [0.29, 0.717) is 0 Å². The molecule has 2 rings (SSSR count). The summed E-state index contributed by atoms with van der Waals surface area (Å²) < 4.78 is -0.376. The Morgan fingerprint density at radius 2 is 1.72 bits per heavy atom. The van der Waals surface area contributed by atoms with Gasteiger partial charge in [-0.2, -0.15) is 0 Å². The number of aliphatic carboxylic acids is 1. The maximum absolute atomic E-state index is 13.8. The first-order valence-corrected chi connectivity index (χ1v) is 13.3. The molecule has 0 radical (unpaired) electrons. The fraction of sp³-hybridized carbons (Fsp3) is 0.607. The summed E-state index contributed by atoms with van der Waals surface area (Å²) in [5.74, 6) is -1.45. The van der Waals surface area contributed by atoms with E-state index >= 15 is 0 Å². The highest BCUT2D eigenvalue weighted by Crippen LogP contribution is 2.51. The molecular weight excluding hydrogens is 474 g/mol. The lowest BCUT2D eigenvalue weighted by atomic mass is 9.84. The third kappa shape index (κ3) is 6.71. The van der Waals surface area contributed by atoms with Gasteiger partial charge in [-0.15, -0.1) is 11.8 Å². The number of likely N-dealkylation sites (N-methyl/N-ethyl adjacent to an activating group) is 2. The normalized spacial score (nSPS) is 22.2. The van der Waals surface area contributed by atoms with Crippen LogP contribution in [0.5, 0.6) is 0 Å². The largest absolute Gasteiger partial charge is 0.478 e. The zero-order valence-corrected chi connectivity index (χ0v) is 24.1. The Hall–Kier alpha value is -2.32. The Morgan fingerprint density at radius 3 is 2.19 bits per heavy atom. The van der Waals surface area contributed by atoms with Crippen LogP contribution in [0.25, 0.3) is 0 Å². The average molecular weight is 518 g/mol. The van der Waals surface area contributed by atoms with Crippen molar-refractivity contribution in [1.82, 2.24) is 15.1 Å². The maximum atomic E-state index is 13.8. The molecule has 1 fully saturated rings. The molecule has 7 nitrogen and oxygen atoms in total. The molecule has 36 heavy (non-hydrogen) atoms. The molecule has 1 aromatic rings. The number of rotatable bonds is 8. The zero-order chi connectivity index (χ0) is 27.6. The van der Waals surface area contributed by atoms with Gasteiger partial charge in [0.25, 0.3) is 0 Å². The van der Waals surface area contributed by atoms with Crippen molar-refractivity contribution < 1.29 is 19.5 Å². The average Bonchev–Trinajstić information content (AvgIpc) is 3.02. The number of carboxylic acid groups (broad SMARTS) is 1. The second-order valence-electron chi connectivity index (χ2n) is 11.7. The van der Waals surface area contributed by atoms with Crippen molar-refractivity contribution in [3.8, 4) is 0 Å². The summed E-state index contributed by atoms with van der Waals surface area (Å²) in [4.78, 5) is 42.6. The van der Waals surface area contributed by atoms with Crippen molar-refractivity contribution in [2.45, 2.75) is 83.6 Å².